The molecule has 0 saturated heterocycles. The molecule has 14 heavy (non-hydrogen) atoms. The van der Waals surface area contributed by atoms with E-state index in [0.717, 1.165) is 17.7 Å². The summed E-state index contributed by atoms with van der Waals surface area (Å²) < 4.78 is 0. The molecule has 1 unspecified atom stereocenters. The number of aliphatic hydroxyl groups excluding tert-OH is 1. The molecule has 5 nitrogen and oxygen atoms in total. The summed E-state index contributed by atoms with van der Waals surface area (Å²) in [5.41, 5.74) is 1.86. The van der Waals surface area contributed by atoms with Crippen LogP contribution in [0.2, 0.25) is 0 Å². The Balaban J connectivity index is 2.31. The maximum atomic E-state index is 10.5. The quantitative estimate of drug-likeness (QED) is 0.542. The number of hydrogen-bond donors (Lipinski definition) is 2. The van der Waals surface area contributed by atoms with Gasteiger partial charge in [0.1, 0.15) is 0 Å². The van der Waals surface area contributed by atoms with Crippen LogP contribution < -0.4 is 5.32 Å². The van der Waals surface area contributed by atoms with Gasteiger partial charge in [0, 0.05) is 17.8 Å². The lowest BCUT2D eigenvalue weighted by Crippen LogP contribution is -2.19. The van der Waals surface area contributed by atoms with E-state index in [9.17, 15) is 10.1 Å². The van der Waals surface area contributed by atoms with E-state index in [-0.39, 0.29) is 18.3 Å². The lowest BCUT2D eigenvalue weighted by molar-refractivity contribution is -0.384. The number of hydrogen-bond acceptors (Lipinski definition) is 4. The molecule has 0 saturated carbocycles. The first kappa shape index (κ1) is 8.96. The van der Waals surface area contributed by atoms with Crippen molar-refractivity contribution in [3.63, 3.8) is 0 Å². The first-order chi connectivity index (χ1) is 6.70. The summed E-state index contributed by atoms with van der Waals surface area (Å²) in [6.07, 6.45) is 0.726. The van der Waals surface area contributed by atoms with Crippen molar-refractivity contribution in [2.75, 3.05) is 11.9 Å². The average Bonchev–Trinajstić information content (AvgIpc) is 2.58. The SMILES string of the molecule is O=[N+]([O-])c1ccc2c(c1)NC(CO)C2. The van der Waals surface area contributed by atoms with Crippen LogP contribution >= 0.6 is 0 Å². The Bertz CT molecular complexity index is 378. The van der Waals surface area contributed by atoms with Crippen LogP contribution in [0.25, 0.3) is 0 Å². The van der Waals surface area contributed by atoms with Crippen molar-refractivity contribution in [3.8, 4) is 0 Å². The number of nitro groups is 1. The van der Waals surface area contributed by atoms with E-state index in [2.05, 4.69) is 5.32 Å². The molecule has 0 amide bonds. The lowest BCUT2D eigenvalue weighted by atomic mass is 10.1. The van der Waals surface area contributed by atoms with Crippen LogP contribution in [-0.4, -0.2) is 22.7 Å². The third kappa shape index (κ3) is 1.42. The molecular formula is C9H10N2O3. The Hall–Kier alpha value is -1.62. The molecule has 1 aromatic carbocycles. The molecule has 1 aliphatic rings. The second kappa shape index (κ2) is 3.26. The summed E-state index contributed by atoms with van der Waals surface area (Å²) in [4.78, 5) is 10.1. The number of fused-ring (bicyclic) bond motifs is 1. The molecule has 1 heterocycles. The predicted octanol–water partition coefficient (Wildman–Crippen LogP) is 0.924. The Morgan fingerprint density at radius 1 is 1.64 bits per heavy atom. The summed E-state index contributed by atoms with van der Waals surface area (Å²) in [5, 5.41) is 22.4. The van der Waals surface area contributed by atoms with Gasteiger partial charge in [0.05, 0.1) is 17.6 Å². The van der Waals surface area contributed by atoms with Crippen LogP contribution in [0.1, 0.15) is 5.56 Å². The minimum absolute atomic E-state index is 0.00740. The van der Waals surface area contributed by atoms with Gasteiger partial charge in [-0.15, -0.1) is 0 Å². The largest absolute Gasteiger partial charge is 0.394 e. The van der Waals surface area contributed by atoms with Crippen LogP contribution in [0.15, 0.2) is 18.2 Å². The Morgan fingerprint density at radius 2 is 2.43 bits per heavy atom. The molecular weight excluding hydrogens is 184 g/mol. The minimum atomic E-state index is -0.422. The number of anilines is 1. The van der Waals surface area contributed by atoms with Crippen LogP contribution in [0.5, 0.6) is 0 Å². The molecule has 2 rings (SSSR count). The van der Waals surface area contributed by atoms with Gasteiger partial charge in [-0.05, 0) is 12.0 Å². The molecule has 0 aliphatic carbocycles. The Kier molecular flexibility index (Phi) is 2.09. The monoisotopic (exact) mass is 194 g/mol. The van der Waals surface area contributed by atoms with Gasteiger partial charge >= 0.3 is 0 Å². The fraction of sp³-hybridized carbons (Fsp3) is 0.333. The topological polar surface area (TPSA) is 75.4 Å². The van der Waals surface area contributed by atoms with Crippen LogP contribution in [0.4, 0.5) is 11.4 Å². The maximum absolute atomic E-state index is 10.5. The van der Waals surface area contributed by atoms with E-state index in [1.807, 2.05) is 0 Å². The van der Waals surface area contributed by atoms with E-state index < -0.39 is 4.92 Å². The molecule has 74 valence electrons. The third-order valence-corrected chi connectivity index (χ3v) is 2.35. The van der Waals surface area contributed by atoms with Gasteiger partial charge in [0.15, 0.2) is 0 Å². The van der Waals surface area contributed by atoms with Crippen molar-refractivity contribution in [2.24, 2.45) is 0 Å². The van der Waals surface area contributed by atoms with Gasteiger partial charge < -0.3 is 10.4 Å². The van der Waals surface area contributed by atoms with Gasteiger partial charge in [-0.25, -0.2) is 0 Å². The number of benzene rings is 1. The zero-order valence-corrected chi connectivity index (χ0v) is 7.43. The van der Waals surface area contributed by atoms with Crippen molar-refractivity contribution < 1.29 is 10.0 Å². The number of aliphatic hydroxyl groups is 1. The van der Waals surface area contributed by atoms with Gasteiger partial charge in [-0.3, -0.25) is 10.1 Å². The number of nitrogens with zero attached hydrogens (tertiary/aromatic N) is 1. The van der Waals surface area contributed by atoms with Crippen LogP contribution in [0.3, 0.4) is 0 Å². The maximum Gasteiger partial charge on any atom is 0.271 e. The van der Waals surface area contributed by atoms with Crippen molar-refractivity contribution in [1.29, 1.82) is 0 Å². The molecule has 5 heteroatoms. The van der Waals surface area contributed by atoms with E-state index in [1.54, 1.807) is 6.07 Å². The summed E-state index contributed by atoms with van der Waals surface area (Å²) in [7, 11) is 0. The number of non-ortho nitro benzene ring substituents is 1. The first-order valence-electron chi connectivity index (χ1n) is 4.35. The van der Waals surface area contributed by atoms with Crippen molar-refractivity contribution >= 4 is 11.4 Å². The van der Waals surface area contributed by atoms with Crippen molar-refractivity contribution in [3.05, 3.63) is 33.9 Å². The average molecular weight is 194 g/mol. The van der Waals surface area contributed by atoms with Gasteiger partial charge in [-0.1, -0.05) is 6.07 Å². The number of nitrogens with one attached hydrogen (secondary N) is 1. The smallest absolute Gasteiger partial charge is 0.271 e. The predicted molar refractivity (Wildman–Crippen MR) is 51.3 cm³/mol. The minimum Gasteiger partial charge on any atom is -0.394 e. The summed E-state index contributed by atoms with van der Waals surface area (Å²) in [5.74, 6) is 0. The molecule has 0 spiro atoms. The van der Waals surface area contributed by atoms with Gasteiger partial charge in [0.2, 0.25) is 0 Å². The van der Waals surface area contributed by atoms with Crippen LogP contribution in [-0.2, 0) is 6.42 Å². The van der Waals surface area contributed by atoms with Crippen molar-refractivity contribution in [1.82, 2.24) is 0 Å². The summed E-state index contributed by atoms with van der Waals surface area (Å²) in [6.45, 7) is 0.0441. The Morgan fingerprint density at radius 3 is 3.07 bits per heavy atom. The molecule has 0 radical (unpaired) electrons. The second-order valence-electron chi connectivity index (χ2n) is 3.33. The third-order valence-electron chi connectivity index (χ3n) is 2.35. The Labute approximate surface area is 80.5 Å². The standard InChI is InChI=1S/C9H10N2O3/c12-5-7-3-6-1-2-8(11(13)14)4-9(6)10-7/h1-2,4,7,10,12H,3,5H2. The highest BCUT2D eigenvalue weighted by Crippen LogP contribution is 2.29. The highest BCUT2D eigenvalue weighted by atomic mass is 16.6. The second-order valence-corrected chi connectivity index (χ2v) is 3.33. The highest BCUT2D eigenvalue weighted by Gasteiger charge is 2.21. The normalized spacial score (nSPS) is 18.8. The van der Waals surface area contributed by atoms with Gasteiger partial charge in [-0.2, -0.15) is 0 Å². The molecule has 1 aromatic rings. The van der Waals surface area contributed by atoms with E-state index in [0.29, 0.717) is 0 Å². The lowest BCUT2D eigenvalue weighted by Gasteiger charge is -2.04. The molecule has 1 atom stereocenters. The van der Waals surface area contributed by atoms with E-state index >= 15 is 0 Å². The fourth-order valence-electron chi connectivity index (χ4n) is 1.64. The zero-order valence-electron chi connectivity index (χ0n) is 7.43. The molecule has 1 aliphatic heterocycles. The van der Waals surface area contributed by atoms with E-state index in [4.69, 9.17) is 5.11 Å². The highest BCUT2D eigenvalue weighted by molar-refractivity contribution is 5.61. The summed E-state index contributed by atoms with van der Waals surface area (Å²) in [6, 6.07) is 4.72. The zero-order chi connectivity index (χ0) is 10.1. The molecule has 0 bridgehead atoms. The van der Waals surface area contributed by atoms with Crippen molar-refractivity contribution in [2.45, 2.75) is 12.5 Å². The van der Waals surface area contributed by atoms with Gasteiger partial charge in [0.25, 0.3) is 5.69 Å². The van der Waals surface area contributed by atoms with Crippen LogP contribution in [0, 0.1) is 10.1 Å². The number of nitro benzene ring substituents is 1. The number of rotatable bonds is 2. The molecule has 2 N–H and O–H groups in total. The molecule has 0 fully saturated rings. The van der Waals surface area contributed by atoms with E-state index in [1.165, 1.54) is 12.1 Å². The summed E-state index contributed by atoms with van der Waals surface area (Å²) >= 11 is 0. The molecule has 0 aromatic heterocycles. The fourth-order valence-corrected chi connectivity index (χ4v) is 1.64. The first-order valence-corrected chi connectivity index (χ1v) is 4.35.